The Morgan fingerprint density at radius 1 is 0.844 bits per heavy atom. The molecule has 0 spiro atoms. The Labute approximate surface area is 190 Å². The lowest BCUT2D eigenvalue weighted by Crippen LogP contribution is -2.56. The quantitative estimate of drug-likeness (QED) is 0.514. The summed E-state index contributed by atoms with van der Waals surface area (Å²) in [5.41, 5.74) is -0.387. The van der Waals surface area contributed by atoms with E-state index in [2.05, 4.69) is 10.6 Å². The van der Waals surface area contributed by atoms with Crippen LogP contribution in [-0.4, -0.2) is 41.4 Å². The van der Waals surface area contributed by atoms with Crippen LogP contribution >= 0.6 is 0 Å². The van der Waals surface area contributed by atoms with Gasteiger partial charge in [0.25, 0.3) is 0 Å². The first-order chi connectivity index (χ1) is 14.8. The summed E-state index contributed by atoms with van der Waals surface area (Å²) in [5.74, 6) is -0.689. The van der Waals surface area contributed by atoms with E-state index in [1.807, 2.05) is 51.1 Å². The van der Waals surface area contributed by atoms with Gasteiger partial charge in [0.1, 0.15) is 17.8 Å². The van der Waals surface area contributed by atoms with Gasteiger partial charge in [0.2, 0.25) is 0 Å². The summed E-state index contributed by atoms with van der Waals surface area (Å²) in [6, 6.07) is 8.47. The highest BCUT2D eigenvalue weighted by Gasteiger charge is 2.38. The first-order valence-corrected chi connectivity index (χ1v) is 11.0. The van der Waals surface area contributed by atoms with Gasteiger partial charge >= 0.3 is 18.2 Å². The van der Waals surface area contributed by atoms with Crippen LogP contribution in [0.4, 0.5) is 9.59 Å². The van der Waals surface area contributed by atoms with E-state index < -0.39 is 35.5 Å². The van der Waals surface area contributed by atoms with Gasteiger partial charge < -0.3 is 24.8 Å². The van der Waals surface area contributed by atoms with E-state index in [0.29, 0.717) is 19.3 Å². The molecule has 0 heterocycles. The SMILES string of the molecule is CC(C)(C)OC(=O)NC1CC(C(=O)OC(C)(C)C)CCC1NC(=O)OCc1ccccc1. The number of hydrogen-bond donors (Lipinski definition) is 2. The van der Waals surface area contributed by atoms with E-state index in [4.69, 9.17) is 14.2 Å². The fourth-order valence-corrected chi connectivity index (χ4v) is 3.48. The minimum atomic E-state index is -0.666. The Balaban J connectivity index is 2.02. The number of carbonyl (C=O) groups excluding carboxylic acids is 3. The zero-order valence-corrected chi connectivity index (χ0v) is 19.9. The average molecular weight is 449 g/mol. The Morgan fingerprint density at radius 3 is 2.03 bits per heavy atom. The van der Waals surface area contributed by atoms with Gasteiger partial charge in [0.05, 0.1) is 18.0 Å². The molecule has 2 amide bonds. The molecular weight excluding hydrogens is 412 g/mol. The molecule has 1 aromatic carbocycles. The molecule has 0 aliphatic heterocycles. The van der Waals surface area contributed by atoms with Crippen molar-refractivity contribution in [2.24, 2.45) is 5.92 Å². The Bertz CT molecular complexity index is 782. The number of nitrogens with one attached hydrogen (secondary N) is 2. The Morgan fingerprint density at radius 2 is 1.44 bits per heavy atom. The summed E-state index contributed by atoms with van der Waals surface area (Å²) in [6.45, 7) is 10.9. The summed E-state index contributed by atoms with van der Waals surface area (Å²) < 4.78 is 16.2. The predicted octanol–water partition coefficient (Wildman–Crippen LogP) is 4.32. The van der Waals surface area contributed by atoms with Crippen molar-refractivity contribution < 1.29 is 28.6 Å². The molecule has 0 bridgehead atoms. The molecule has 1 saturated carbocycles. The summed E-state index contributed by atoms with van der Waals surface area (Å²) in [4.78, 5) is 37.3. The smallest absolute Gasteiger partial charge is 0.407 e. The van der Waals surface area contributed by atoms with Gasteiger partial charge in [-0.25, -0.2) is 9.59 Å². The van der Waals surface area contributed by atoms with Crippen molar-refractivity contribution in [2.75, 3.05) is 0 Å². The largest absolute Gasteiger partial charge is 0.460 e. The maximum Gasteiger partial charge on any atom is 0.407 e. The molecule has 1 aliphatic rings. The van der Waals surface area contributed by atoms with Crippen molar-refractivity contribution in [3.8, 4) is 0 Å². The Kier molecular flexibility index (Phi) is 8.52. The van der Waals surface area contributed by atoms with Crippen LogP contribution in [0.2, 0.25) is 0 Å². The van der Waals surface area contributed by atoms with Crippen LogP contribution in [0.5, 0.6) is 0 Å². The number of rotatable bonds is 5. The topological polar surface area (TPSA) is 103 Å². The molecule has 32 heavy (non-hydrogen) atoms. The van der Waals surface area contributed by atoms with Gasteiger partial charge in [-0.05, 0) is 66.4 Å². The van der Waals surface area contributed by atoms with Gasteiger partial charge in [-0.3, -0.25) is 4.79 Å². The van der Waals surface area contributed by atoms with E-state index in [9.17, 15) is 14.4 Å². The van der Waals surface area contributed by atoms with Gasteiger partial charge in [0, 0.05) is 0 Å². The third-order valence-corrected chi connectivity index (χ3v) is 4.81. The minimum absolute atomic E-state index is 0.143. The standard InChI is InChI=1S/C24H36N2O6/c1-23(2,3)31-20(27)17-12-13-18(19(14-17)26-22(29)32-24(4,5)6)25-21(28)30-15-16-10-8-7-9-11-16/h7-11,17-19H,12-15H2,1-6H3,(H,25,28)(H,26,29). The summed E-state index contributed by atoms with van der Waals surface area (Å²) >= 11 is 0. The third kappa shape index (κ3) is 9.16. The molecule has 1 fully saturated rings. The van der Waals surface area contributed by atoms with Crippen LogP contribution in [0.25, 0.3) is 0 Å². The molecule has 0 radical (unpaired) electrons. The number of alkyl carbamates (subject to hydrolysis) is 2. The monoisotopic (exact) mass is 448 g/mol. The number of esters is 1. The molecule has 3 unspecified atom stereocenters. The van der Waals surface area contributed by atoms with Gasteiger partial charge in [-0.1, -0.05) is 30.3 Å². The van der Waals surface area contributed by atoms with Crippen molar-refractivity contribution in [3.63, 3.8) is 0 Å². The molecule has 3 atom stereocenters. The lowest BCUT2D eigenvalue weighted by molar-refractivity contribution is -0.161. The fourth-order valence-electron chi connectivity index (χ4n) is 3.48. The van der Waals surface area contributed by atoms with Crippen molar-refractivity contribution >= 4 is 18.2 Å². The van der Waals surface area contributed by atoms with Gasteiger partial charge in [0.15, 0.2) is 0 Å². The van der Waals surface area contributed by atoms with Crippen molar-refractivity contribution in [1.29, 1.82) is 0 Å². The molecule has 1 aromatic rings. The van der Waals surface area contributed by atoms with E-state index >= 15 is 0 Å². The third-order valence-electron chi connectivity index (χ3n) is 4.81. The molecule has 0 saturated heterocycles. The van der Waals surface area contributed by atoms with Crippen molar-refractivity contribution in [3.05, 3.63) is 35.9 Å². The van der Waals surface area contributed by atoms with Gasteiger partial charge in [-0.2, -0.15) is 0 Å². The molecule has 8 nitrogen and oxygen atoms in total. The van der Waals surface area contributed by atoms with E-state index in [1.165, 1.54) is 0 Å². The van der Waals surface area contributed by atoms with Crippen LogP contribution in [0.15, 0.2) is 30.3 Å². The molecular formula is C24H36N2O6. The molecule has 0 aromatic heterocycles. The highest BCUT2D eigenvalue weighted by atomic mass is 16.6. The number of ether oxygens (including phenoxy) is 3. The first kappa shape index (κ1) is 25.5. The summed E-state index contributed by atoms with van der Waals surface area (Å²) in [6.07, 6.45) is 0.176. The second-order valence-electron chi connectivity index (χ2n) is 10.1. The van der Waals surface area contributed by atoms with Crippen LogP contribution < -0.4 is 10.6 Å². The molecule has 1 aliphatic carbocycles. The van der Waals surface area contributed by atoms with Crippen LogP contribution in [0.3, 0.4) is 0 Å². The summed E-state index contributed by atoms with van der Waals surface area (Å²) in [7, 11) is 0. The fraction of sp³-hybridized carbons (Fsp3) is 0.625. The second-order valence-corrected chi connectivity index (χ2v) is 10.1. The van der Waals surface area contributed by atoms with E-state index in [0.717, 1.165) is 5.56 Å². The number of benzene rings is 1. The lowest BCUT2D eigenvalue weighted by Gasteiger charge is -2.37. The van der Waals surface area contributed by atoms with E-state index in [1.54, 1.807) is 20.8 Å². The van der Waals surface area contributed by atoms with Crippen LogP contribution in [0.1, 0.15) is 66.4 Å². The summed E-state index contributed by atoms with van der Waals surface area (Å²) in [5, 5.41) is 5.64. The molecule has 2 N–H and O–H groups in total. The zero-order chi connectivity index (χ0) is 23.9. The normalized spacial score (nSPS) is 21.2. The van der Waals surface area contributed by atoms with Crippen molar-refractivity contribution in [2.45, 2.75) is 90.7 Å². The molecule has 2 rings (SSSR count). The Hall–Kier alpha value is -2.77. The lowest BCUT2D eigenvalue weighted by atomic mass is 9.82. The minimum Gasteiger partial charge on any atom is -0.460 e. The maximum atomic E-state index is 12.6. The second kappa shape index (κ2) is 10.7. The first-order valence-electron chi connectivity index (χ1n) is 11.0. The van der Waals surface area contributed by atoms with Gasteiger partial charge in [-0.15, -0.1) is 0 Å². The maximum absolute atomic E-state index is 12.6. The number of amides is 2. The van der Waals surface area contributed by atoms with E-state index in [-0.39, 0.29) is 18.5 Å². The van der Waals surface area contributed by atoms with Crippen molar-refractivity contribution in [1.82, 2.24) is 10.6 Å². The average Bonchev–Trinajstić information content (AvgIpc) is 2.65. The van der Waals surface area contributed by atoms with Crippen LogP contribution in [-0.2, 0) is 25.6 Å². The zero-order valence-electron chi connectivity index (χ0n) is 19.9. The molecule has 8 heteroatoms. The van der Waals surface area contributed by atoms with Crippen LogP contribution in [0, 0.1) is 5.92 Å². The molecule has 178 valence electrons. The highest BCUT2D eigenvalue weighted by Crippen LogP contribution is 2.28. The number of hydrogen-bond acceptors (Lipinski definition) is 6. The highest BCUT2D eigenvalue weighted by molar-refractivity contribution is 5.74. The predicted molar refractivity (Wildman–Crippen MR) is 120 cm³/mol. The number of carbonyl (C=O) groups is 3.